The third-order valence-electron chi connectivity index (χ3n) is 1.58. The van der Waals surface area contributed by atoms with Crippen LogP contribution < -0.4 is 0 Å². The smallest absolute Gasteiger partial charge is 0.303 e. The van der Waals surface area contributed by atoms with Gasteiger partial charge in [-0.1, -0.05) is 0 Å². The van der Waals surface area contributed by atoms with Crippen LogP contribution in [0, 0.1) is 0 Å². The molecule has 0 heterocycles. The van der Waals surface area contributed by atoms with Gasteiger partial charge in [-0.25, -0.2) is 0 Å². The molecule has 0 aromatic heterocycles. The molecule has 0 aromatic carbocycles. The van der Waals surface area contributed by atoms with E-state index in [-0.39, 0.29) is 5.78 Å². The van der Waals surface area contributed by atoms with E-state index in [4.69, 9.17) is 9.47 Å². The first-order valence-corrected chi connectivity index (χ1v) is 3.59. The third-order valence-corrected chi connectivity index (χ3v) is 1.58. The zero-order valence-corrected chi connectivity index (χ0v) is 6.99. The van der Waals surface area contributed by atoms with E-state index in [0.29, 0.717) is 12.2 Å². The minimum Gasteiger partial charge on any atom is -0.501 e. The highest BCUT2D eigenvalue weighted by Gasteiger charge is 2.28. The Labute approximate surface area is 70.1 Å². The lowest BCUT2D eigenvalue weighted by Crippen LogP contribution is -2.20. The molecule has 0 radical (unpaired) electrons. The minimum absolute atomic E-state index is 0.206. The third kappa shape index (κ3) is 1.84. The van der Waals surface area contributed by atoms with Crippen LogP contribution in [0.25, 0.3) is 0 Å². The first kappa shape index (κ1) is 8.77. The number of methoxy groups -OCH3 is 1. The summed E-state index contributed by atoms with van der Waals surface area (Å²) in [6.07, 6.45) is 1.04. The van der Waals surface area contributed by atoms with Crippen LogP contribution in [0.15, 0.2) is 11.8 Å². The van der Waals surface area contributed by atoms with Crippen LogP contribution in [0.3, 0.4) is 0 Å². The lowest BCUT2D eigenvalue weighted by Gasteiger charge is -2.07. The SMILES string of the molecule is COC1=CC(=O)[C@H](OC(C)=O)C1. The standard InChI is InChI=1S/C8H10O4/c1-5(9)12-8-4-6(11-2)3-7(8)10/h3,8H,4H2,1-2H3/t8-/m1/s1. The van der Waals surface area contributed by atoms with Crippen molar-refractivity contribution in [3.05, 3.63) is 11.8 Å². The van der Waals surface area contributed by atoms with E-state index < -0.39 is 12.1 Å². The molecule has 4 heteroatoms. The summed E-state index contributed by atoms with van der Waals surface area (Å²) in [5.41, 5.74) is 0. The second kappa shape index (κ2) is 3.38. The number of esters is 1. The monoisotopic (exact) mass is 170 g/mol. The molecule has 0 unspecified atom stereocenters. The van der Waals surface area contributed by atoms with E-state index in [2.05, 4.69) is 0 Å². The topological polar surface area (TPSA) is 52.6 Å². The number of ketones is 1. The maximum absolute atomic E-state index is 11.0. The quantitative estimate of drug-likeness (QED) is 0.563. The zero-order chi connectivity index (χ0) is 9.14. The predicted molar refractivity (Wildman–Crippen MR) is 40.3 cm³/mol. The molecule has 12 heavy (non-hydrogen) atoms. The van der Waals surface area contributed by atoms with E-state index in [0.717, 1.165) is 0 Å². The van der Waals surface area contributed by atoms with Gasteiger partial charge in [0, 0.05) is 19.4 Å². The maximum Gasteiger partial charge on any atom is 0.303 e. The summed E-state index contributed by atoms with van der Waals surface area (Å²) in [5, 5.41) is 0. The Morgan fingerprint density at radius 1 is 1.67 bits per heavy atom. The number of rotatable bonds is 2. The van der Waals surface area contributed by atoms with Crippen LogP contribution in [0.2, 0.25) is 0 Å². The summed E-state index contributed by atoms with van der Waals surface area (Å²) >= 11 is 0. The van der Waals surface area contributed by atoms with Gasteiger partial charge in [0.2, 0.25) is 0 Å². The van der Waals surface area contributed by atoms with Crippen molar-refractivity contribution in [2.75, 3.05) is 7.11 Å². The molecule has 0 fully saturated rings. The Kier molecular flexibility index (Phi) is 2.47. The van der Waals surface area contributed by atoms with Gasteiger partial charge in [0.25, 0.3) is 0 Å². The second-order valence-corrected chi connectivity index (χ2v) is 2.52. The van der Waals surface area contributed by atoms with Gasteiger partial charge in [0.15, 0.2) is 11.9 Å². The molecule has 0 aliphatic heterocycles. The Bertz CT molecular complexity index is 241. The van der Waals surface area contributed by atoms with E-state index in [1.54, 1.807) is 0 Å². The molecule has 1 atom stereocenters. The molecule has 1 aliphatic carbocycles. The number of hydrogen-bond acceptors (Lipinski definition) is 4. The number of ether oxygens (including phenoxy) is 2. The van der Waals surface area contributed by atoms with Crippen molar-refractivity contribution in [1.29, 1.82) is 0 Å². The van der Waals surface area contributed by atoms with Gasteiger partial charge in [-0.05, 0) is 0 Å². The van der Waals surface area contributed by atoms with Crippen molar-refractivity contribution in [3.63, 3.8) is 0 Å². The van der Waals surface area contributed by atoms with Gasteiger partial charge in [-0.3, -0.25) is 9.59 Å². The summed E-state index contributed by atoms with van der Waals surface area (Å²) in [5.74, 6) is -0.0904. The lowest BCUT2D eigenvalue weighted by molar-refractivity contribution is -0.150. The van der Waals surface area contributed by atoms with Gasteiger partial charge >= 0.3 is 5.97 Å². The van der Waals surface area contributed by atoms with Crippen LogP contribution >= 0.6 is 0 Å². The van der Waals surface area contributed by atoms with Gasteiger partial charge in [0.1, 0.15) is 5.76 Å². The van der Waals surface area contributed by atoms with Crippen molar-refractivity contribution >= 4 is 11.8 Å². The zero-order valence-electron chi connectivity index (χ0n) is 6.99. The normalized spacial score (nSPS) is 22.0. The molecule has 0 saturated heterocycles. The molecule has 66 valence electrons. The Morgan fingerprint density at radius 2 is 2.33 bits per heavy atom. The fourth-order valence-electron chi connectivity index (χ4n) is 1.04. The highest BCUT2D eigenvalue weighted by Crippen LogP contribution is 2.18. The second-order valence-electron chi connectivity index (χ2n) is 2.52. The Hall–Kier alpha value is -1.32. The summed E-state index contributed by atoms with van der Waals surface area (Å²) in [6, 6.07) is 0. The molecular weight excluding hydrogens is 160 g/mol. The van der Waals surface area contributed by atoms with Crippen molar-refractivity contribution in [2.45, 2.75) is 19.4 Å². The minimum atomic E-state index is -0.669. The van der Waals surface area contributed by atoms with E-state index in [1.807, 2.05) is 0 Å². The van der Waals surface area contributed by atoms with Gasteiger partial charge in [-0.2, -0.15) is 0 Å². The number of hydrogen-bond donors (Lipinski definition) is 0. The van der Waals surface area contributed by atoms with E-state index in [9.17, 15) is 9.59 Å². The van der Waals surface area contributed by atoms with E-state index >= 15 is 0 Å². The molecule has 0 spiro atoms. The highest BCUT2D eigenvalue weighted by atomic mass is 16.5. The van der Waals surface area contributed by atoms with Crippen molar-refractivity contribution in [3.8, 4) is 0 Å². The van der Waals surface area contributed by atoms with Crippen molar-refractivity contribution < 1.29 is 19.1 Å². The van der Waals surface area contributed by atoms with Crippen LogP contribution in [0.5, 0.6) is 0 Å². The lowest BCUT2D eigenvalue weighted by atomic mass is 10.3. The molecule has 4 nitrogen and oxygen atoms in total. The number of carbonyl (C=O) groups excluding carboxylic acids is 2. The number of carbonyl (C=O) groups is 2. The Balaban J connectivity index is 2.53. The summed E-state index contributed by atoms with van der Waals surface area (Å²) < 4.78 is 9.58. The molecule has 0 aromatic rings. The first-order chi connectivity index (χ1) is 5.63. The summed E-state index contributed by atoms with van der Waals surface area (Å²) in [7, 11) is 1.48. The molecule has 0 N–H and O–H groups in total. The van der Waals surface area contributed by atoms with Gasteiger partial charge in [0.05, 0.1) is 7.11 Å². The van der Waals surface area contributed by atoms with E-state index in [1.165, 1.54) is 20.1 Å². The van der Waals surface area contributed by atoms with Crippen molar-refractivity contribution in [1.82, 2.24) is 0 Å². The summed E-state index contributed by atoms with van der Waals surface area (Å²) in [4.78, 5) is 21.5. The van der Waals surface area contributed by atoms with Crippen molar-refractivity contribution in [2.24, 2.45) is 0 Å². The molecule has 1 rings (SSSR count). The van der Waals surface area contributed by atoms with Crippen LogP contribution in [-0.4, -0.2) is 25.0 Å². The highest BCUT2D eigenvalue weighted by molar-refractivity contribution is 5.97. The van der Waals surface area contributed by atoms with Gasteiger partial charge in [-0.15, -0.1) is 0 Å². The fraction of sp³-hybridized carbons (Fsp3) is 0.500. The van der Waals surface area contributed by atoms with Crippen LogP contribution in [0.4, 0.5) is 0 Å². The summed E-state index contributed by atoms with van der Waals surface area (Å²) in [6.45, 7) is 1.28. The Morgan fingerprint density at radius 3 is 2.75 bits per heavy atom. The average molecular weight is 170 g/mol. The molecule has 0 amide bonds. The first-order valence-electron chi connectivity index (χ1n) is 3.59. The van der Waals surface area contributed by atoms with Crippen LogP contribution in [-0.2, 0) is 19.1 Å². The molecular formula is C8H10O4. The molecule has 0 saturated carbocycles. The molecule has 1 aliphatic rings. The van der Waals surface area contributed by atoms with Gasteiger partial charge < -0.3 is 9.47 Å². The maximum atomic E-state index is 11.0. The molecule has 0 bridgehead atoms. The predicted octanol–water partition coefficient (Wildman–Crippen LogP) is 0.421. The fourth-order valence-corrected chi connectivity index (χ4v) is 1.04. The van der Waals surface area contributed by atoms with Crippen LogP contribution in [0.1, 0.15) is 13.3 Å². The largest absolute Gasteiger partial charge is 0.501 e. The average Bonchev–Trinajstić information content (AvgIpc) is 2.31.